The van der Waals surface area contributed by atoms with Gasteiger partial charge in [0.15, 0.2) is 0 Å². The van der Waals surface area contributed by atoms with Crippen molar-refractivity contribution >= 4 is 11.6 Å². The normalized spacial score (nSPS) is 24.4. The molecule has 15 heavy (non-hydrogen) atoms. The molecule has 0 aromatic carbocycles. The van der Waals surface area contributed by atoms with E-state index in [1.807, 2.05) is 0 Å². The fraction of sp³-hybridized carbons (Fsp3) is 1.00. The SMILES string of the molecule is FC(F)(F)CCCN1CCCC(CCl)C1. The summed E-state index contributed by atoms with van der Waals surface area (Å²) in [5.41, 5.74) is 0. The summed E-state index contributed by atoms with van der Waals surface area (Å²) in [6, 6.07) is 0. The molecule has 1 nitrogen and oxygen atoms in total. The molecule has 0 radical (unpaired) electrons. The van der Waals surface area contributed by atoms with Crippen LogP contribution < -0.4 is 0 Å². The van der Waals surface area contributed by atoms with Crippen LogP contribution in [0.2, 0.25) is 0 Å². The summed E-state index contributed by atoms with van der Waals surface area (Å²) in [6.45, 7) is 2.33. The highest BCUT2D eigenvalue weighted by Gasteiger charge is 2.27. The number of hydrogen-bond acceptors (Lipinski definition) is 1. The Kier molecular flexibility index (Phi) is 5.19. The lowest BCUT2D eigenvalue weighted by Gasteiger charge is -2.31. The topological polar surface area (TPSA) is 3.24 Å². The van der Waals surface area contributed by atoms with Crippen LogP contribution >= 0.6 is 11.6 Å². The highest BCUT2D eigenvalue weighted by Crippen LogP contribution is 2.23. The van der Waals surface area contributed by atoms with E-state index in [0.717, 1.165) is 25.9 Å². The maximum Gasteiger partial charge on any atom is 0.389 e. The van der Waals surface area contributed by atoms with E-state index in [9.17, 15) is 13.2 Å². The fourth-order valence-corrected chi connectivity index (χ4v) is 2.24. The minimum atomic E-state index is -4.01. The van der Waals surface area contributed by atoms with Crippen LogP contribution in [0.3, 0.4) is 0 Å². The summed E-state index contributed by atoms with van der Waals surface area (Å²) in [5, 5.41) is 0. The van der Waals surface area contributed by atoms with Gasteiger partial charge in [0.1, 0.15) is 0 Å². The molecule has 0 saturated carbocycles. The van der Waals surface area contributed by atoms with Crippen molar-refractivity contribution in [3.63, 3.8) is 0 Å². The number of halogens is 4. The predicted octanol–water partition coefficient (Wildman–Crippen LogP) is 3.28. The number of piperidine rings is 1. The summed E-state index contributed by atoms with van der Waals surface area (Å²) in [7, 11) is 0. The second-order valence-corrected chi connectivity index (χ2v) is 4.49. The molecule has 90 valence electrons. The molecule has 1 aliphatic heterocycles. The van der Waals surface area contributed by atoms with Crippen molar-refractivity contribution in [1.82, 2.24) is 4.90 Å². The van der Waals surface area contributed by atoms with Crippen LogP contribution in [0.4, 0.5) is 13.2 Å². The minimum Gasteiger partial charge on any atom is -0.303 e. The zero-order chi connectivity index (χ0) is 11.3. The van der Waals surface area contributed by atoms with Gasteiger partial charge in [-0.25, -0.2) is 0 Å². The number of hydrogen-bond donors (Lipinski definition) is 0. The average molecular weight is 244 g/mol. The molecule has 0 bridgehead atoms. The molecule has 1 unspecified atom stereocenters. The molecule has 1 aliphatic rings. The van der Waals surface area contributed by atoms with Crippen LogP contribution in [0, 0.1) is 5.92 Å². The second kappa shape index (κ2) is 5.94. The summed E-state index contributed by atoms with van der Waals surface area (Å²) < 4.78 is 35.7. The van der Waals surface area contributed by atoms with Crippen molar-refractivity contribution < 1.29 is 13.2 Å². The monoisotopic (exact) mass is 243 g/mol. The lowest BCUT2D eigenvalue weighted by Crippen LogP contribution is -2.37. The van der Waals surface area contributed by atoms with Crippen molar-refractivity contribution in [2.45, 2.75) is 31.9 Å². The number of alkyl halides is 4. The van der Waals surface area contributed by atoms with Gasteiger partial charge in [-0.1, -0.05) is 0 Å². The molecular formula is C10H17ClF3N. The summed E-state index contributed by atoms with van der Waals surface area (Å²) in [5.74, 6) is 1.08. The van der Waals surface area contributed by atoms with E-state index in [1.54, 1.807) is 0 Å². The molecule has 1 heterocycles. The van der Waals surface area contributed by atoms with Gasteiger partial charge < -0.3 is 4.90 Å². The van der Waals surface area contributed by atoms with Gasteiger partial charge >= 0.3 is 6.18 Å². The third kappa shape index (κ3) is 5.61. The highest BCUT2D eigenvalue weighted by molar-refractivity contribution is 6.18. The van der Waals surface area contributed by atoms with Gasteiger partial charge in [0.25, 0.3) is 0 Å². The molecule has 0 amide bonds. The first-order valence-corrected chi connectivity index (χ1v) is 5.90. The first kappa shape index (κ1) is 13.1. The van der Waals surface area contributed by atoms with Crippen molar-refractivity contribution in [3.8, 4) is 0 Å². The van der Waals surface area contributed by atoms with E-state index in [1.165, 1.54) is 0 Å². The summed E-state index contributed by atoms with van der Waals surface area (Å²) >= 11 is 5.75. The molecule has 5 heteroatoms. The van der Waals surface area contributed by atoms with Gasteiger partial charge in [0.2, 0.25) is 0 Å². The molecule has 0 N–H and O–H groups in total. The lowest BCUT2D eigenvalue weighted by atomic mass is 10.00. The first-order valence-electron chi connectivity index (χ1n) is 5.36. The Balaban J connectivity index is 2.15. The van der Waals surface area contributed by atoms with Crippen LogP contribution in [-0.2, 0) is 0 Å². The molecule has 1 atom stereocenters. The third-order valence-corrected chi connectivity index (χ3v) is 3.19. The molecule has 0 aliphatic carbocycles. The van der Waals surface area contributed by atoms with E-state index in [2.05, 4.69) is 4.90 Å². The quantitative estimate of drug-likeness (QED) is 0.685. The van der Waals surface area contributed by atoms with Crippen molar-refractivity contribution in [1.29, 1.82) is 0 Å². The van der Waals surface area contributed by atoms with E-state index >= 15 is 0 Å². The Morgan fingerprint density at radius 1 is 1.33 bits per heavy atom. The zero-order valence-electron chi connectivity index (χ0n) is 8.69. The predicted molar refractivity (Wildman–Crippen MR) is 55.2 cm³/mol. The molecule has 0 aromatic rings. The maximum atomic E-state index is 11.9. The lowest BCUT2D eigenvalue weighted by molar-refractivity contribution is -0.136. The minimum absolute atomic E-state index is 0.207. The van der Waals surface area contributed by atoms with Crippen molar-refractivity contribution in [2.75, 3.05) is 25.5 Å². The average Bonchev–Trinajstić information content (AvgIpc) is 2.16. The molecule has 0 aromatic heterocycles. The smallest absolute Gasteiger partial charge is 0.303 e. The van der Waals surface area contributed by atoms with Crippen molar-refractivity contribution in [3.05, 3.63) is 0 Å². The van der Waals surface area contributed by atoms with E-state index in [4.69, 9.17) is 11.6 Å². The number of rotatable bonds is 4. The van der Waals surface area contributed by atoms with E-state index < -0.39 is 12.6 Å². The highest BCUT2D eigenvalue weighted by atomic mass is 35.5. The fourth-order valence-electron chi connectivity index (χ4n) is 1.98. The Labute approximate surface area is 93.6 Å². The van der Waals surface area contributed by atoms with Gasteiger partial charge in [-0.05, 0) is 38.3 Å². The van der Waals surface area contributed by atoms with Gasteiger partial charge in [-0.2, -0.15) is 13.2 Å². The van der Waals surface area contributed by atoms with Crippen LogP contribution in [0.1, 0.15) is 25.7 Å². The van der Waals surface area contributed by atoms with E-state index in [0.29, 0.717) is 18.3 Å². The van der Waals surface area contributed by atoms with Crippen LogP contribution in [0.25, 0.3) is 0 Å². The van der Waals surface area contributed by atoms with E-state index in [-0.39, 0.29) is 6.42 Å². The molecule has 1 fully saturated rings. The molecule has 0 spiro atoms. The number of nitrogens with zero attached hydrogens (tertiary/aromatic N) is 1. The zero-order valence-corrected chi connectivity index (χ0v) is 9.45. The van der Waals surface area contributed by atoms with Gasteiger partial charge in [0.05, 0.1) is 0 Å². The Bertz CT molecular complexity index is 184. The first-order chi connectivity index (χ1) is 7.01. The van der Waals surface area contributed by atoms with Crippen LogP contribution in [0.5, 0.6) is 0 Å². The van der Waals surface area contributed by atoms with Crippen LogP contribution in [0.15, 0.2) is 0 Å². The van der Waals surface area contributed by atoms with Gasteiger partial charge in [-0.3, -0.25) is 0 Å². The van der Waals surface area contributed by atoms with Crippen LogP contribution in [-0.4, -0.2) is 36.6 Å². The Hall–Kier alpha value is 0.0400. The number of likely N-dealkylation sites (tertiary alicyclic amines) is 1. The second-order valence-electron chi connectivity index (χ2n) is 4.18. The molecular weight excluding hydrogens is 227 g/mol. The third-order valence-electron chi connectivity index (χ3n) is 2.76. The van der Waals surface area contributed by atoms with Gasteiger partial charge in [0, 0.05) is 18.8 Å². The standard InChI is InChI=1S/C10H17ClF3N/c11-7-9-3-1-5-15(8-9)6-2-4-10(12,13)14/h9H,1-8H2. The summed E-state index contributed by atoms with van der Waals surface area (Å²) in [6.07, 6.45) is -2.31. The van der Waals surface area contributed by atoms with Gasteiger partial charge in [-0.15, -0.1) is 11.6 Å². The van der Waals surface area contributed by atoms with Crippen molar-refractivity contribution in [2.24, 2.45) is 5.92 Å². The maximum absolute atomic E-state index is 11.9. The largest absolute Gasteiger partial charge is 0.389 e. The molecule has 1 saturated heterocycles. The molecule has 1 rings (SSSR count). The summed E-state index contributed by atoms with van der Waals surface area (Å²) in [4.78, 5) is 2.10. The Morgan fingerprint density at radius 2 is 2.07 bits per heavy atom. The Morgan fingerprint density at radius 3 is 2.67 bits per heavy atom.